The van der Waals surface area contributed by atoms with Crippen LogP contribution in [0.2, 0.25) is 0 Å². The largest absolute Gasteiger partial charge is 0.458 e. The zero-order valence-corrected chi connectivity index (χ0v) is 14.3. The van der Waals surface area contributed by atoms with E-state index in [9.17, 15) is 5.11 Å². The average molecular weight is 341 g/mol. The lowest BCUT2D eigenvalue weighted by Gasteiger charge is -2.28. The number of nitrogens with one attached hydrogen (secondary N) is 1. The van der Waals surface area contributed by atoms with Gasteiger partial charge >= 0.3 is 0 Å². The van der Waals surface area contributed by atoms with E-state index in [1.54, 1.807) is 4.68 Å². The maximum absolute atomic E-state index is 10.4. The van der Waals surface area contributed by atoms with Gasteiger partial charge in [0.25, 0.3) is 0 Å². The summed E-state index contributed by atoms with van der Waals surface area (Å²) in [6.07, 6.45) is 5.15. The number of para-hydroxylation sites is 1. The van der Waals surface area contributed by atoms with Gasteiger partial charge in [0.1, 0.15) is 23.0 Å². The summed E-state index contributed by atoms with van der Waals surface area (Å²) in [7, 11) is 1.91. The Balaban J connectivity index is 1.41. The fourth-order valence-electron chi connectivity index (χ4n) is 3.50. The van der Waals surface area contributed by atoms with Gasteiger partial charge in [-0.05, 0) is 25.0 Å². The highest BCUT2D eigenvalue weighted by Crippen LogP contribution is 2.35. The van der Waals surface area contributed by atoms with E-state index in [-0.39, 0.29) is 5.60 Å². The van der Waals surface area contributed by atoms with Gasteiger partial charge in [-0.3, -0.25) is 4.68 Å². The second-order valence-corrected chi connectivity index (χ2v) is 6.68. The van der Waals surface area contributed by atoms with Gasteiger partial charge in [-0.15, -0.1) is 0 Å². The molecule has 0 spiro atoms. The van der Waals surface area contributed by atoms with Crippen LogP contribution in [-0.2, 0) is 17.4 Å². The fourth-order valence-corrected chi connectivity index (χ4v) is 3.50. The average Bonchev–Trinajstić information content (AvgIpc) is 3.33. The molecular weight excluding hydrogens is 318 g/mol. The molecule has 3 heterocycles. The van der Waals surface area contributed by atoms with Crippen molar-refractivity contribution in [1.29, 1.82) is 0 Å². The smallest absolute Gasteiger partial charge is 0.135 e. The number of aliphatic hydroxyl groups excluding tert-OH is 1. The highest BCUT2D eigenvalue weighted by Gasteiger charge is 2.38. The number of furan rings is 1. The molecular formula is C19H23N3O3. The molecule has 1 aromatic carbocycles. The topological polar surface area (TPSA) is 72.5 Å². The molecule has 1 aliphatic rings. The van der Waals surface area contributed by atoms with Crippen LogP contribution in [0.5, 0.6) is 0 Å². The van der Waals surface area contributed by atoms with E-state index in [4.69, 9.17) is 9.15 Å². The monoisotopic (exact) mass is 341 g/mol. The first-order valence-corrected chi connectivity index (χ1v) is 8.67. The Morgan fingerprint density at radius 2 is 2.28 bits per heavy atom. The van der Waals surface area contributed by atoms with E-state index in [0.717, 1.165) is 36.0 Å². The van der Waals surface area contributed by atoms with Crippen molar-refractivity contribution in [2.75, 3.05) is 19.7 Å². The molecule has 0 radical (unpaired) electrons. The van der Waals surface area contributed by atoms with Gasteiger partial charge in [-0.25, -0.2) is 0 Å². The predicted molar refractivity (Wildman–Crippen MR) is 94.1 cm³/mol. The van der Waals surface area contributed by atoms with Crippen LogP contribution in [0.15, 0.2) is 47.1 Å². The Hall–Kier alpha value is -2.15. The molecule has 0 bridgehead atoms. The summed E-state index contributed by atoms with van der Waals surface area (Å²) in [4.78, 5) is 0. The number of aryl methyl sites for hydroxylation is 1. The molecule has 2 aromatic heterocycles. The minimum Gasteiger partial charge on any atom is -0.458 e. The van der Waals surface area contributed by atoms with Gasteiger partial charge < -0.3 is 19.6 Å². The van der Waals surface area contributed by atoms with Crippen LogP contribution in [-0.4, -0.2) is 34.6 Å². The van der Waals surface area contributed by atoms with Crippen molar-refractivity contribution >= 4 is 11.0 Å². The summed E-state index contributed by atoms with van der Waals surface area (Å²) < 4.78 is 13.6. The Kier molecular flexibility index (Phi) is 4.33. The quantitative estimate of drug-likeness (QED) is 0.721. The van der Waals surface area contributed by atoms with Crippen LogP contribution >= 0.6 is 0 Å². The first-order chi connectivity index (χ1) is 12.2. The van der Waals surface area contributed by atoms with Crippen molar-refractivity contribution in [2.45, 2.75) is 24.5 Å². The molecule has 132 valence electrons. The summed E-state index contributed by atoms with van der Waals surface area (Å²) in [5.41, 5.74) is 1.52. The zero-order valence-electron chi connectivity index (χ0n) is 14.3. The molecule has 25 heavy (non-hydrogen) atoms. The van der Waals surface area contributed by atoms with Crippen LogP contribution < -0.4 is 5.32 Å². The van der Waals surface area contributed by atoms with Crippen molar-refractivity contribution in [2.24, 2.45) is 7.05 Å². The standard InChI is InChI=1S/C19H23N3O3/c1-22-12-15(10-21-22)19(7-4-8-24-19)13-20-11-16(23)18-9-14-5-2-3-6-17(14)25-18/h2-3,5-6,9-10,12,16,20,23H,4,7-8,11,13H2,1H3. The molecule has 4 rings (SSSR count). The number of aliphatic hydroxyl groups is 1. The van der Waals surface area contributed by atoms with E-state index in [0.29, 0.717) is 18.8 Å². The second-order valence-electron chi connectivity index (χ2n) is 6.68. The van der Waals surface area contributed by atoms with Crippen LogP contribution in [0.25, 0.3) is 11.0 Å². The van der Waals surface area contributed by atoms with Crippen molar-refractivity contribution < 1.29 is 14.3 Å². The van der Waals surface area contributed by atoms with Crippen LogP contribution in [0.1, 0.15) is 30.3 Å². The van der Waals surface area contributed by atoms with Gasteiger partial charge in [0, 0.05) is 43.9 Å². The maximum Gasteiger partial charge on any atom is 0.135 e. The Bertz CT molecular complexity index is 815. The number of hydrogen-bond acceptors (Lipinski definition) is 5. The lowest BCUT2D eigenvalue weighted by Crippen LogP contribution is -2.39. The molecule has 2 atom stereocenters. The molecule has 1 fully saturated rings. The molecule has 1 saturated heterocycles. The number of ether oxygens (including phenoxy) is 1. The minimum absolute atomic E-state index is 0.359. The fraction of sp³-hybridized carbons (Fsp3) is 0.421. The molecule has 1 aliphatic heterocycles. The molecule has 2 N–H and O–H groups in total. The zero-order chi connectivity index (χ0) is 17.3. The summed E-state index contributed by atoms with van der Waals surface area (Å²) in [5, 5.41) is 19.1. The highest BCUT2D eigenvalue weighted by atomic mass is 16.5. The summed E-state index contributed by atoms with van der Waals surface area (Å²) >= 11 is 0. The minimum atomic E-state index is -0.695. The molecule has 6 heteroatoms. The van der Waals surface area contributed by atoms with Crippen molar-refractivity contribution in [3.63, 3.8) is 0 Å². The van der Waals surface area contributed by atoms with E-state index >= 15 is 0 Å². The lowest BCUT2D eigenvalue weighted by molar-refractivity contribution is -0.00168. The van der Waals surface area contributed by atoms with Crippen molar-refractivity contribution in [1.82, 2.24) is 15.1 Å². The normalized spacial score (nSPS) is 21.8. The third-order valence-corrected chi connectivity index (χ3v) is 4.86. The number of fused-ring (bicyclic) bond motifs is 1. The third-order valence-electron chi connectivity index (χ3n) is 4.86. The van der Waals surface area contributed by atoms with Gasteiger partial charge in [0.05, 0.1) is 6.20 Å². The Morgan fingerprint density at radius 3 is 3.00 bits per heavy atom. The van der Waals surface area contributed by atoms with Crippen molar-refractivity contribution in [3.05, 3.63) is 54.0 Å². The van der Waals surface area contributed by atoms with Crippen LogP contribution in [0.3, 0.4) is 0 Å². The number of hydrogen-bond donors (Lipinski definition) is 2. The molecule has 0 amide bonds. The highest BCUT2D eigenvalue weighted by molar-refractivity contribution is 5.77. The predicted octanol–water partition coefficient (Wildman–Crippen LogP) is 2.50. The first kappa shape index (κ1) is 16.3. The third kappa shape index (κ3) is 3.20. The van der Waals surface area contributed by atoms with Gasteiger partial charge in [-0.2, -0.15) is 5.10 Å². The second kappa shape index (κ2) is 6.63. The molecule has 3 aromatic rings. The van der Waals surface area contributed by atoms with E-state index in [1.165, 1.54) is 0 Å². The van der Waals surface area contributed by atoms with Gasteiger partial charge in [0.15, 0.2) is 0 Å². The summed E-state index contributed by atoms with van der Waals surface area (Å²) in [6.45, 7) is 1.80. The maximum atomic E-state index is 10.4. The number of benzene rings is 1. The summed E-state index contributed by atoms with van der Waals surface area (Å²) in [6, 6.07) is 9.66. The molecule has 6 nitrogen and oxygen atoms in total. The summed E-state index contributed by atoms with van der Waals surface area (Å²) in [5.74, 6) is 0.580. The Labute approximate surface area is 146 Å². The number of rotatable bonds is 6. The molecule has 2 unspecified atom stereocenters. The Morgan fingerprint density at radius 1 is 1.40 bits per heavy atom. The SMILES string of the molecule is Cn1cc(C2(CNCC(O)c3cc4ccccc4o3)CCCO2)cn1. The number of nitrogens with zero attached hydrogens (tertiary/aromatic N) is 2. The van der Waals surface area contributed by atoms with E-state index in [2.05, 4.69) is 10.4 Å². The number of aromatic nitrogens is 2. The van der Waals surface area contributed by atoms with E-state index in [1.807, 2.05) is 49.8 Å². The van der Waals surface area contributed by atoms with Crippen LogP contribution in [0, 0.1) is 0 Å². The van der Waals surface area contributed by atoms with Crippen molar-refractivity contribution in [3.8, 4) is 0 Å². The molecule has 0 aliphatic carbocycles. The first-order valence-electron chi connectivity index (χ1n) is 8.67. The lowest BCUT2D eigenvalue weighted by atomic mass is 9.93. The molecule has 0 saturated carbocycles. The van der Waals surface area contributed by atoms with E-state index < -0.39 is 6.10 Å². The van der Waals surface area contributed by atoms with Gasteiger partial charge in [0.2, 0.25) is 0 Å². The van der Waals surface area contributed by atoms with Crippen LogP contribution in [0.4, 0.5) is 0 Å². The van der Waals surface area contributed by atoms with Gasteiger partial charge in [-0.1, -0.05) is 18.2 Å².